The van der Waals surface area contributed by atoms with Crippen LogP contribution in [0.2, 0.25) is 0 Å². The molecule has 0 spiro atoms. The van der Waals surface area contributed by atoms with Gasteiger partial charge in [-0.3, -0.25) is 4.98 Å². The van der Waals surface area contributed by atoms with Crippen LogP contribution in [0, 0.1) is 0 Å². The Hall–Kier alpha value is -0.960. The molecule has 0 saturated carbocycles. The number of fused-ring (bicyclic) bond motifs is 1. The minimum atomic E-state index is 0.628. The molecule has 10 heavy (non-hydrogen) atoms. The van der Waals surface area contributed by atoms with Crippen LogP contribution < -0.4 is 0 Å². The third-order valence-electron chi connectivity index (χ3n) is 1.31. The second-order valence-electron chi connectivity index (χ2n) is 2.00. The minimum absolute atomic E-state index is 0.628. The average molecular weight is 151 g/mol. The van der Waals surface area contributed by atoms with Crippen molar-refractivity contribution in [1.29, 1.82) is 0 Å². The highest BCUT2D eigenvalue weighted by Crippen LogP contribution is 2.19. The number of thiol groups is 1. The van der Waals surface area contributed by atoms with Crippen LogP contribution in [0.4, 0.5) is 0 Å². The lowest BCUT2D eigenvalue weighted by atomic mass is 10.3. The Balaban J connectivity index is 2.88. The SMILES string of the molecule is Sc1cc2ccncc2o1. The summed E-state index contributed by atoms with van der Waals surface area (Å²) in [5.74, 6) is 0. The van der Waals surface area contributed by atoms with E-state index in [-0.39, 0.29) is 0 Å². The molecule has 0 fully saturated rings. The van der Waals surface area contributed by atoms with E-state index in [1.165, 1.54) is 0 Å². The molecule has 0 aliphatic heterocycles. The van der Waals surface area contributed by atoms with E-state index in [1.807, 2.05) is 12.1 Å². The summed E-state index contributed by atoms with van der Waals surface area (Å²) in [5.41, 5.74) is 0.785. The van der Waals surface area contributed by atoms with Crippen LogP contribution in [0.25, 0.3) is 11.0 Å². The molecule has 50 valence electrons. The quantitative estimate of drug-likeness (QED) is 0.583. The van der Waals surface area contributed by atoms with Crippen molar-refractivity contribution in [3.05, 3.63) is 24.5 Å². The van der Waals surface area contributed by atoms with Crippen LogP contribution >= 0.6 is 12.6 Å². The Labute approximate surface area is 63.3 Å². The molecule has 3 heteroatoms. The normalized spacial score (nSPS) is 10.5. The lowest BCUT2D eigenvalue weighted by molar-refractivity contribution is 0.516. The number of nitrogens with zero attached hydrogens (tertiary/aromatic N) is 1. The number of hydrogen-bond acceptors (Lipinski definition) is 3. The molecule has 2 aromatic rings. The molecule has 0 bridgehead atoms. The van der Waals surface area contributed by atoms with Crippen molar-refractivity contribution in [2.75, 3.05) is 0 Å². The molecule has 2 heterocycles. The van der Waals surface area contributed by atoms with Crippen LogP contribution in [-0.2, 0) is 0 Å². The van der Waals surface area contributed by atoms with Gasteiger partial charge in [0.15, 0.2) is 10.7 Å². The van der Waals surface area contributed by atoms with E-state index < -0.39 is 0 Å². The highest BCUT2D eigenvalue weighted by atomic mass is 32.1. The molecule has 0 N–H and O–H groups in total. The Morgan fingerprint density at radius 3 is 3.20 bits per heavy atom. The second-order valence-corrected chi connectivity index (χ2v) is 2.44. The zero-order valence-electron chi connectivity index (χ0n) is 5.11. The first kappa shape index (κ1) is 5.80. The fourth-order valence-corrected chi connectivity index (χ4v) is 1.11. The summed E-state index contributed by atoms with van der Waals surface area (Å²) in [4.78, 5) is 3.90. The zero-order chi connectivity index (χ0) is 6.97. The van der Waals surface area contributed by atoms with Gasteiger partial charge in [0, 0.05) is 11.6 Å². The van der Waals surface area contributed by atoms with E-state index in [1.54, 1.807) is 12.4 Å². The number of aromatic nitrogens is 1. The van der Waals surface area contributed by atoms with Crippen molar-refractivity contribution in [3.63, 3.8) is 0 Å². The molecular formula is C7H5NOS. The zero-order valence-corrected chi connectivity index (χ0v) is 6.01. The van der Waals surface area contributed by atoms with Crippen LogP contribution in [0.5, 0.6) is 0 Å². The lowest BCUT2D eigenvalue weighted by Crippen LogP contribution is -1.65. The summed E-state index contributed by atoms with van der Waals surface area (Å²) in [7, 11) is 0. The number of rotatable bonds is 0. The first-order valence-corrected chi connectivity index (χ1v) is 3.33. The summed E-state index contributed by atoms with van der Waals surface area (Å²) >= 11 is 4.05. The largest absolute Gasteiger partial charge is 0.449 e. The molecule has 0 radical (unpaired) electrons. The van der Waals surface area contributed by atoms with E-state index in [4.69, 9.17) is 4.42 Å². The van der Waals surface area contributed by atoms with Crippen molar-refractivity contribution in [1.82, 2.24) is 4.98 Å². The van der Waals surface area contributed by atoms with Crippen molar-refractivity contribution in [2.45, 2.75) is 5.09 Å². The maximum atomic E-state index is 5.17. The fraction of sp³-hybridized carbons (Fsp3) is 0. The molecule has 0 aliphatic carbocycles. The predicted octanol–water partition coefficient (Wildman–Crippen LogP) is 2.12. The van der Waals surface area contributed by atoms with Gasteiger partial charge in [-0.15, -0.1) is 12.6 Å². The summed E-state index contributed by atoms with van der Waals surface area (Å²) in [6.07, 6.45) is 3.40. The highest BCUT2D eigenvalue weighted by molar-refractivity contribution is 7.80. The van der Waals surface area contributed by atoms with Crippen molar-refractivity contribution in [2.24, 2.45) is 0 Å². The van der Waals surface area contributed by atoms with Crippen molar-refractivity contribution in [3.8, 4) is 0 Å². The maximum Gasteiger partial charge on any atom is 0.158 e. The van der Waals surface area contributed by atoms with E-state index >= 15 is 0 Å². The van der Waals surface area contributed by atoms with Gasteiger partial charge in [0.25, 0.3) is 0 Å². The Kier molecular flexibility index (Phi) is 1.17. The van der Waals surface area contributed by atoms with Crippen molar-refractivity contribution >= 4 is 23.6 Å². The fourth-order valence-electron chi connectivity index (χ4n) is 0.870. The highest BCUT2D eigenvalue weighted by Gasteiger charge is 1.96. The van der Waals surface area contributed by atoms with Crippen LogP contribution in [0.3, 0.4) is 0 Å². The maximum absolute atomic E-state index is 5.17. The first-order chi connectivity index (χ1) is 4.86. The Morgan fingerprint density at radius 2 is 2.40 bits per heavy atom. The number of hydrogen-bond donors (Lipinski definition) is 1. The summed E-state index contributed by atoms with van der Waals surface area (Å²) in [6, 6.07) is 3.75. The van der Waals surface area contributed by atoms with E-state index in [0.717, 1.165) is 11.0 Å². The van der Waals surface area contributed by atoms with Gasteiger partial charge in [-0.05, 0) is 12.1 Å². The molecule has 0 unspecified atom stereocenters. The van der Waals surface area contributed by atoms with Gasteiger partial charge in [-0.2, -0.15) is 0 Å². The van der Waals surface area contributed by atoms with Crippen LogP contribution in [0.15, 0.2) is 34.0 Å². The lowest BCUT2D eigenvalue weighted by Gasteiger charge is -1.81. The monoisotopic (exact) mass is 151 g/mol. The molecule has 2 nitrogen and oxygen atoms in total. The second kappa shape index (κ2) is 2.02. The third-order valence-corrected chi connectivity index (χ3v) is 1.53. The van der Waals surface area contributed by atoms with Gasteiger partial charge in [0.1, 0.15) is 0 Å². The molecule has 0 aromatic carbocycles. The smallest absolute Gasteiger partial charge is 0.158 e. The standard InChI is InChI=1S/C7H5NOS/c10-7-3-5-1-2-8-4-6(5)9-7/h1-4,10H. The Bertz CT molecular complexity index is 322. The molecule has 2 aromatic heterocycles. The first-order valence-electron chi connectivity index (χ1n) is 2.89. The van der Waals surface area contributed by atoms with Gasteiger partial charge in [-0.25, -0.2) is 0 Å². The van der Waals surface area contributed by atoms with E-state index in [9.17, 15) is 0 Å². The molecule has 0 aliphatic rings. The summed E-state index contributed by atoms with van der Waals surface area (Å²) < 4.78 is 5.17. The van der Waals surface area contributed by atoms with Crippen molar-refractivity contribution < 1.29 is 4.42 Å². The van der Waals surface area contributed by atoms with E-state index in [0.29, 0.717) is 5.09 Å². The van der Waals surface area contributed by atoms with Gasteiger partial charge < -0.3 is 4.42 Å². The number of furan rings is 1. The molecule has 0 saturated heterocycles. The van der Waals surface area contributed by atoms with Gasteiger partial charge >= 0.3 is 0 Å². The van der Waals surface area contributed by atoms with Crippen LogP contribution in [-0.4, -0.2) is 4.98 Å². The van der Waals surface area contributed by atoms with Gasteiger partial charge in [0.2, 0.25) is 0 Å². The third kappa shape index (κ3) is 0.789. The summed E-state index contributed by atoms with van der Waals surface area (Å²) in [5, 5.41) is 1.67. The average Bonchev–Trinajstić information content (AvgIpc) is 2.27. The van der Waals surface area contributed by atoms with Gasteiger partial charge in [0.05, 0.1) is 6.20 Å². The Morgan fingerprint density at radius 1 is 1.50 bits per heavy atom. The van der Waals surface area contributed by atoms with Gasteiger partial charge in [-0.1, -0.05) is 0 Å². The van der Waals surface area contributed by atoms with E-state index in [2.05, 4.69) is 17.6 Å². The predicted molar refractivity (Wildman–Crippen MR) is 41.3 cm³/mol. The van der Waals surface area contributed by atoms with Crippen LogP contribution in [0.1, 0.15) is 0 Å². The minimum Gasteiger partial charge on any atom is -0.449 e. The molecule has 0 atom stereocenters. The molecular weight excluding hydrogens is 146 g/mol. The molecule has 0 amide bonds. The molecule has 2 rings (SSSR count). The summed E-state index contributed by atoms with van der Waals surface area (Å²) in [6.45, 7) is 0. The topological polar surface area (TPSA) is 26.0 Å². The number of pyridine rings is 1.